The van der Waals surface area contributed by atoms with Gasteiger partial charge in [0.15, 0.2) is 0 Å². The third-order valence-corrected chi connectivity index (χ3v) is 5.09. The highest BCUT2D eigenvalue weighted by Crippen LogP contribution is 2.44. The molecule has 1 saturated carbocycles. The van der Waals surface area contributed by atoms with Crippen LogP contribution < -0.4 is 0 Å². The summed E-state index contributed by atoms with van der Waals surface area (Å²) < 4.78 is 0. The minimum atomic E-state index is -0.0966. The number of aromatic nitrogens is 2. The van der Waals surface area contributed by atoms with Gasteiger partial charge >= 0.3 is 0 Å². The molecule has 1 spiro atoms. The molecule has 1 aromatic rings. The van der Waals surface area contributed by atoms with Gasteiger partial charge in [-0.25, -0.2) is 0 Å². The summed E-state index contributed by atoms with van der Waals surface area (Å²) in [5.41, 5.74) is 1.28. The summed E-state index contributed by atoms with van der Waals surface area (Å²) in [7, 11) is 0. The number of nitrogens with one attached hydrogen (secondary N) is 1. The molecule has 1 aliphatic heterocycles. The average Bonchev–Trinajstić information content (AvgIpc) is 2.96. The topological polar surface area (TPSA) is 69.2 Å². The van der Waals surface area contributed by atoms with Gasteiger partial charge in [0.05, 0.1) is 12.5 Å². The standard InChI is InChI=1S/C15H23N3O2/c19-13-1-4-15(5-2-13)6-9-18(10-7-15)14(20)11-12-3-8-16-17-12/h3,8,13,19H,1-2,4-7,9-11H2,(H,16,17). The number of hydrogen-bond donors (Lipinski definition) is 2. The Hall–Kier alpha value is -1.36. The van der Waals surface area contributed by atoms with Crippen molar-refractivity contribution in [1.82, 2.24) is 15.1 Å². The molecule has 5 heteroatoms. The smallest absolute Gasteiger partial charge is 0.228 e. The zero-order valence-electron chi connectivity index (χ0n) is 11.8. The van der Waals surface area contributed by atoms with Crippen LogP contribution in [-0.4, -0.2) is 45.3 Å². The summed E-state index contributed by atoms with van der Waals surface area (Å²) in [6.45, 7) is 1.73. The van der Waals surface area contributed by atoms with E-state index in [4.69, 9.17) is 0 Å². The van der Waals surface area contributed by atoms with Crippen LogP contribution in [0, 0.1) is 5.41 Å². The molecule has 0 aromatic carbocycles. The molecule has 2 aliphatic rings. The minimum Gasteiger partial charge on any atom is -0.393 e. The fourth-order valence-corrected chi connectivity index (χ4v) is 3.60. The second-order valence-electron chi connectivity index (χ2n) is 6.37. The number of aromatic amines is 1. The molecule has 1 amide bonds. The Balaban J connectivity index is 1.52. The number of hydrogen-bond acceptors (Lipinski definition) is 3. The highest BCUT2D eigenvalue weighted by Gasteiger charge is 2.38. The molecule has 1 aromatic heterocycles. The first-order valence-corrected chi connectivity index (χ1v) is 7.61. The lowest BCUT2D eigenvalue weighted by atomic mass is 9.67. The second-order valence-corrected chi connectivity index (χ2v) is 6.37. The highest BCUT2D eigenvalue weighted by atomic mass is 16.3. The molecule has 0 radical (unpaired) electrons. The number of H-pyrrole nitrogens is 1. The Kier molecular flexibility index (Phi) is 3.78. The molecule has 0 bridgehead atoms. The number of nitrogens with zero attached hydrogens (tertiary/aromatic N) is 2. The van der Waals surface area contributed by atoms with Crippen molar-refractivity contribution in [3.05, 3.63) is 18.0 Å². The van der Waals surface area contributed by atoms with E-state index in [-0.39, 0.29) is 12.0 Å². The van der Waals surface area contributed by atoms with Crippen LogP contribution >= 0.6 is 0 Å². The Morgan fingerprint density at radius 2 is 2.05 bits per heavy atom. The zero-order valence-corrected chi connectivity index (χ0v) is 11.8. The van der Waals surface area contributed by atoms with Crippen LogP contribution in [0.1, 0.15) is 44.2 Å². The molecule has 1 aliphatic carbocycles. The van der Waals surface area contributed by atoms with Gasteiger partial charge < -0.3 is 10.0 Å². The summed E-state index contributed by atoms with van der Waals surface area (Å²) in [5, 5.41) is 16.4. The Bertz CT molecular complexity index is 440. The van der Waals surface area contributed by atoms with Crippen LogP contribution in [0.25, 0.3) is 0 Å². The van der Waals surface area contributed by atoms with E-state index in [1.54, 1.807) is 6.20 Å². The Morgan fingerprint density at radius 3 is 2.65 bits per heavy atom. The van der Waals surface area contributed by atoms with Crippen molar-refractivity contribution in [2.24, 2.45) is 5.41 Å². The van der Waals surface area contributed by atoms with E-state index in [1.165, 1.54) is 0 Å². The third kappa shape index (κ3) is 2.87. The number of aliphatic hydroxyl groups is 1. The number of piperidine rings is 1. The minimum absolute atomic E-state index is 0.0966. The van der Waals surface area contributed by atoms with Gasteiger partial charge in [0.1, 0.15) is 0 Å². The Morgan fingerprint density at radius 1 is 1.35 bits per heavy atom. The molecular weight excluding hydrogens is 254 g/mol. The van der Waals surface area contributed by atoms with Gasteiger partial charge in [-0.15, -0.1) is 0 Å². The lowest BCUT2D eigenvalue weighted by molar-refractivity contribution is -0.133. The fraction of sp³-hybridized carbons (Fsp3) is 0.733. The molecule has 2 N–H and O–H groups in total. The van der Waals surface area contributed by atoms with E-state index < -0.39 is 0 Å². The maximum Gasteiger partial charge on any atom is 0.228 e. The van der Waals surface area contributed by atoms with E-state index in [0.717, 1.165) is 57.3 Å². The first-order chi connectivity index (χ1) is 9.67. The lowest BCUT2D eigenvalue weighted by Crippen LogP contribution is -2.45. The van der Waals surface area contributed by atoms with Gasteiger partial charge in [-0.2, -0.15) is 5.10 Å². The van der Waals surface area contributed by atoms with Crippen molar-refractivity contribution in [3.63, 3.8) is 0 Å². The monoisotopic (exact) mass is 277 g/mol. The number of rotatable bonds is 2. The van der Waals surface area contributed by atoms with Gasteiger partial charge in [-0.05, 0) is 50.0 Å². The first kappa shape index (κ1) is 13.6. The van der Waals surface area contributed by atoms with Crippen LogP contribution in [-0.2, 0) is 11.2 Å². The maximum absolute atomic E-state index is 12.2. The summed E-state index contributed by atoms with van der Waals surface area (Å²) in [5.74, 6) is 0.194. The lowest BCUT2D eigenvalue weighted by Gasteiger charge is -2.45. The molecule has 2 fully saturated rings. The van der Waals surface area contributed by atoms with Crippen LogP contribution in [0.15, 0.2) is 12.3 Å². The van der Waals surface area contributed by atoms with Crippen LogP contribution in [0.5, 0.6) is 0 Å². The van der Waals surface area contributed by atoms with Crippen LogP contribution in [0.4, 0.5) is 0 Å². The van der Waals surface area contributed by atoms with Gasteiger partial charge in [-0.3, -0.25) is 9.89 Å². The molecule has 5 nitrogen and oxygen atoms in total. The average molecular weight is 277 g/mol. The van der Waals surface area contributed by atoms with E-state index in [2.05, 4.69) is 10.2 Å². The zero-order chi connectivity index (χ0) is 14.0. The SMILES string of the molecule is O=C(Cc1ccn[nH]1)N1CCC2(CCC(O)CC2)CC1. The summed E-state index contributed by atoms with van der Waals surface area (Å²) in [6, 6.07) is 1.85. The number of aliphatic hydroxyl groups excluding tert-OH is 1. The van der Waals surface area contributed by atoms with Gasteiger partial charge in [-0.1, -0.05) is 0 Å². The Labute approximate surface area is 119 Å². The molecule has 0 atom stereocenters. The summed E-state index contributed by atoms with van der Waals surface area (Å²) in [6.07, 6.45) is 8.30. The molecule has 110 valence electrons. The normalized spacial score (nSPS) is 23.1. The van der Waals surface area contributed by atoms with E-state index in [0.29, 0.717) is 11.8 Å². The fourth-order valence-electron chi connectivity index (χ4n) is 3.60. The van der Waals surface area contributed by atoms with Crippen molar-refractivity contribution >= 4 is 5.91 Å². The molecule has 1 saturated heterocycles. The number of carbonyl (C=O) groups excluding carboxylic acids is 1. The molecule has 20 heavy (non-hydrogen) atoms. The van der Waals surface area contributed by atoms with E-state index >= 15 is 0 Å². The highest BCUT2D eigenvalue weighted by molar-refractivity contribution is 5.78. The first-order valence-electron chi connectivity index (χ1n) is 7.61. The van der Waals surface area contributed by atoms with Crippen molar-refractivity contribution in [1.29, 1.82) is 0 Å². The predicted octanol–water partition coefficient (Wildman–Crippen LogP) is 1.50. The summed E-state index contributed by atoms with van der Waals surface area (Å²) in [4.78, 5) is 14.2. The van der Waals surface area contributed by atoms with Gasteiger partial charge in [0.25, 0.3) is 0 Å². The molecule has 2 heterocycles. The van der Waals surface area contributed by atoms with Crippen LogP contribution in [0.3, 0.4) is 0 Å². The van der Waals surface area contributed by atoms with E-state index in [1.807, 2.05) is 11.0 Å². The van der Waals surface area contributed by atoms with Crippen LogP contribution in [0.2, 0.25) is 0 Å². The van der Waals surface area contributed by atoms with Crippen molar-refractivity contribution in [3.8, 4) is 0 Å². The molecule has 0 unspecified atom stereocenters. The number of carbonyl (C=O) groups is 1. The summed E-state index contributed by atoms with van der Waals surface area (Å²) >= 11 is 0. The quantitative estimate of drug-likeness (QED) is 0.860. The predicted molar refractivity (Wildman–Crippen MR) is 75.0 cm³/mol. The maximum atomic E-state index is 12.2. The number of likely N-dealkylation sites (tertiary alicyclic amines) is 1. The number of amides is 1. The largest absolute Gasteiger partial charge is 0.393 e. The van der Waals surface area contributed by atoms with Crippen molar-refractivity contribution in [2.45, 2.75) is 51.0 Å². The molecule has 3 rings (SSSR count). The molecular formula is C15H23N3O2. The van der Waals surface area contributed by atoms with Gasteiger partial charge in [0.2, 0.25) is 5.91 Å². The second kappa shape index (κ2) is 5.56. The van der Waals surface area contributed by atoms with E-state index in [9.17, 15) is 9.90 Å². The van der Waals surface area contributed by atoms with Crippen molar-refractivity contribution < 1.29 is 9.90 Å². The van der Waals surface area contributed by atoms with Gasteiger partial charge in [0, 0.05) is 25.0 Å². The van der Waals surface area contributed by atoms with Crippen molar-refractivity contribution in [2.75, 3.05) is 13.1 Å². The third-order valence-electron chi connectivity index (χ3n) is 5.09.